The van der Waals surface area contributed by atoms with Gasteiger partial charge in [-0.15, -0.1) is 0 Å². The van der Waals surface area contributed by atoms with Crippen LogP contribution < -0.4 is 5.43 Å². The van der Waals surface area contributed by atoms with Crippen LogP contribution in [0.25, 0.3) is 0 Å². The smallest absolute Gasteiger partial charge is 0.177 e. The molecule has 1 aromatic rings. The molecule has 0 aromatic heterocycles. The molecular weight excluding hydrogens is 206 g/mol. The van der Waals surface area contributed by atoms with Gasteiger partial charge in [-0.3, -0.25) is 10.4 Å². The lowest BCUT2D eigenvalue weighted by atomic mass is 10.1. The number of hydrogen-bond acceptors (Lipinski definition) is 4. The summed E-state index contributed by atoms with van der Waals surface area (Å²) >= 11 is 1.58. The van der Waals surface area contributed by atoms with Gasteiger partial charge in [-0.05, 0) is 18.7 Å². The summed E-state index contributed by atoms with van der Waals surface area (Å²) in [7, 11) is 0. The van der Waals surface area contributed by atoms with Gasteiger partial charge < -0.3 is 0 Å². The highest BCUT2D eigenvalue weighted by Gasteiger charge is 2.16. The lowest BCUT2D eigenvalue weighted by Gasteiger charge is -2.18. The van der Waals surface area contributed by atoms with E-state index in [-0.39, 0.29) is 6.04 Å². The Hall–Kier alpha value is -1.29. The van der Waals surface area contributed by atoms with Gasteiger partial charge in [0.05, 0.1) is 11.8 Å². The van der Waals surface area contributed by atoms with E-state index in [4.69, 9.17) is 0 Å². The van der Waals surface area contributed by atoms with Crippen molar-refractivity contribution in [2.45, 2.75) is 13.0 Å². The van der Waals surface area contributed by atoms with E-state index in [9.17, 15) is 0 Å². The SMILES string of the molecule is CSC1=NC(C)C(c2ccccc2)=NN1. The molecule has 0 aliphatic carbocycles. The van der Waals surface area contributed by atoms with Crippen LogP contribution >= 0.6 is 11.8 Å². The lowest BCUT2D eigenvalue weighted by molar-refractivity contribution is 0.882. The fourth-order valence-electron chi connectivity index (χ4n) is 1.48. The maximum atomic E-state index is 4.50. The van der Waals surface area contributed by atoms with Crippen molar-refractivity contribution in [1.29, 1.82) is 0 Å². The summed E-state index contributed by atoms with van der Waals surface area (Å²) in [6, 6.07) is 10.3. The molecule has 1 aromatic carbocycles. The number of benzene rings is 1. The molecule has 0 saturated carbocycles. The molecule has 1 unspecified atom stereocenters. The van der Waals surface area contributed by atoms with Crippen LogP contribution in [0.3, 0.4) is 0 Å². The van der Waals surface area contributed by atoms with Crippen molar-refractivity contribution in [2.24, 2.45) is 10.1 Å². The van der Waals surface area contributed by atoms with Gasteiger partial charge in [0.25, 0.3) is 0 Å². The third-order valence-electron chi connectivity index (χ3n) is 2.24. The maximum Gasteiger partial charge on any atom is 0.177 e. The van der Waals surface area contributed by atoms with Gasteiger partial charge in [-0.1, -0.05) is 42.1 Å². The Balaban J connectivity index is 2.24. The first-order valence-corrected chi connectivity index (χ1v) is 6.04. The Bertz CT molecular complexity index is 398. The van der Waals surface area contributed by atoms with Crippen LogP contribution in [0.4, 0.5) is 0 Å². The molecule has 15 heavy (non-hydrogen) atoms. The average Bonchev–Trinajstić information content (AvgIpc) is 2.30. The second-order valence-corrected chi connectivity index (χ2v) is 4.08. The zero-order valence-corrected chi connectivity index (χ0v) is 9.58. The third-order valence-corrected chi connectivity index (χ3v) is 2.82. The number of hydrazone groups is 1. The molecule has 0 amide bonds. The molecule has 2 rings (SSSR count). The van der Waals surface area contributed by atoms with Crippen LogP contribution in [0.2, 0.25) is 0 Å². The van der Waals surface area contributed by atoms with E-state index in [0.717, 1.165) is 16.4 Å². The fraction of sp³-hybridized carbons (Fsp3) is 0.273. The first-order valence-electron chi connectivity index (χ1n) is 4.82. The van der Waals surface area contributed by atoms with Crippen molar-refractivity contribution in [3.8, 4) is 0 Å². The number of amidine groups is 1. The normalized spacial score (nSPS) is 20.3. The van der Waals surface area contributed by atoms with Crippen molar-refractivity contribution in [2.75, 3.05) is 6.26 Å². The minimum Gasteiger partial charge on any atom is -0.256 e. The zero-order valence-electron chi connectivity index (χ0n) is 8.77. The van der Waals surface area contributed by atoms with Gasteiger partial charge in [0.1, 0.15) is 0 Å². The van der Waals surface area contributed by atoms with E-state index < -0.39 is 0 Å². The standard InChI is InChI=1S/C11H13N3S/c1-8-10(9-6-4-3-5-7-9)13-14-11(12-8)15-2/h3-8H,1-2H3,(H,12,14). The van der Waals surface area contributed by atoms with E-state index >= 15 is 0 Å². The summed E-state index contributed by atoms with van der Waals surface area (Å²) in [6.45, 7) is 2.06. The zero-order chi connectivity index (χ0) is 10.7. The summed E-state index contributed by atoms with van der Waals surface area (Å²) in [5, 5.41) is 5.23. The Morgan fingerprint density at radius 2 is 2.00 bits per heavy atom. The minimum atomic E-state index is 0.121. The molecule has 4 heteroatoms. The van der Waals surface area contributed by atoms with Gasteiger partial charge >= 0.3 is 0 Å². The number of nitrogens with zero attached hydrogens (tertiary/aromatic N) is 2. The number of nitrogens with one attached hydrogen (secondary N) is 1. The van der Waals surface area contributed by atoms with Crippen LogP contribution in [0.5, 0.6) is 0 Å². The maximum absolute atomic E-state index is 4.50. The Morgan fingerprint density at radius 1 is 1.27 bits per heavy atom. The van der Waals surface area contributed by atoms with Crippen LogP contribution in [-0.2, 0) is 0 Å². The van der Waals surface area contributed by atoms with Gasteiger partial charge in [0.2, 0.25) is 0 Å². The van der Waals surface area contributed by atoms with Crippen molar-refractivity contribution >= 4 is 22.6 Å². The highest BCUT2D eigenvalue weighted by atomic mass is 32.2. The molecule has 0 spiro atoms. The highest BCUT2D eigenvalue weighted by molar-refractivity contribution is 8.13. The van der Waals surface area contributed by atoms with Crippen LogP contribution in [-0.4, -0.2) is 23.2 Å². The molecule has 1 atom stereocenters. The molecule has 1 N–H and O–H groups in total. The Morgan fingerprint density at radius 3 is 2.60 bits per heavy atom. The number of aliphatic imine (C=N–C) groups is 1. The molecule has 0 saturated heterocycles. The minimum absolute atomic E-state index is 0.121. The molecule has 0 fully saturated rings. The largest absolute Gasteiger partial charge is 0.256 e. The third kappa shape index (κ3) is 2.21. The van der Waals surface area contributed by atoms with Crippen molar-refractivity contribution in [3.63, 3.8) is 0 Å². The van der Waals surface area contributed by atoms with E-state index in [0.29, 0.717) is 0 Å². The van der Waals surface area contributed by atoms with E-state index in [1.165, 1.54) is 0 Å². The number of thioether (sulfide) groups is 1. The highest BCUT2D eigenvalue weighted by Crippen LogP contribution is 2.12. The van der Waals surface area contributed by atoms with E-state index in [1.54, 1.807) is 11.8 Å². The number of hydrogen-bond donors (Lipinski definition) is 1. The van der Waals surface area contributed by atoms with E-state index in [2.05, 4.69) is 34.6 Å². The summed E-state index contributed by atoms with van der Waals surface area (Å²) in [5.41, 5.74) is 5.07. The fourth-order valence-corrected chi connectivity index (χ4v) is 1.88. The van der Waals surface area contributed by atoms with Crippen LogP contribution in [0, 0.1) is 0 Å². The van der Waals surface area contributed by atoms with Crippen LogP contribution in [0.15, 0.2) is 40.4 Å². The first-order chi connectivity index (χ1) is 7.31. The van der Waals surface area contributed by atoms with Gasteiger partial charge in [0, 0.05) is 0 Å². The molecule has 1 aliphatic rings. The van der Waals surface area contributed by atoms with Crippen LogP contribution in [0.1, 0.15) is 12.5 Å². The molecule has 1 aliphatic heterocycles. The molecule has 78 valence electrons. The molecule has 3 nitrogen and oxygen atoms in total. The van der Waals surface area contributed by atoms with E-state index in [1.807, 2.05) is 24.5 Å². The first kappa shape index (κ1) is 10.2. The second kappa shape index (κ2) is 4.49. The molecule has 0 radical (unpaired) electrons. The summed E-state index contributed by atoms with van der Waals surface area (Å²) < 4.78 is 0. The van der Waals surface area contributed by atoms with Gasteiger partial charge in [-0.2, -0.15) is 5.10 Å². The average molecular weight is 219 g/mol. The lowest BCUT2D eigenvalue weighted by Crippen LogP contribution is -2.30. The van der Waals surface area contributed by atoms with Crippen molar-refractivity contribution < 1.29 is 0 Å². The van der Waals surface area contributed by atoms with Gasteiger partial charge in [0.15, 0.2) is 5.17 Å². The summed E-state index contributed by atoms with van der Waals surface area (Å²) in [4.78, 5) is 4.50. The predicted molar refractivity (Wildman–Crippen MR) is 66.5 cm³/mol. The second-order valence-electron chi connectivity index (χ2n) is 3.29. The van der Waals surface area contributed by atoms with Crippen molar-refractivity contribution in [1.82, 2.24) is 5.43 Å². The van der Waals surface area contributed by atoms with Gasteiger partial charge in [-0.25, -0.2) is 0 Å². The monoisotopic (exact) mass is 219 g/mol. The Kier molecular flexibility index (Phi) is 3.06. The quantitative estimate of drug-likeness (QED) is 0.785. The number of rotatable bonds is 1. The Labute approximate surface area is 93.7 Å². The summed E-state index contributed by atoms with van der Waals surface area (Å²) in [6.07, 6.45) is 1.99. The molecule has 0 bridgehead atoms. The molecule has 1 heterocycles. The molecular formula is C11H13N3S. The predicted octanol–water partition coefficient (Wildman–Crippen LogP) is 2.10. The topological polar surface area (TPSA) is 36.8 Å². The summed E-state index contributed by atoms with van der Waals surface area (Å²) in [5.74, 6) is 0. The van der Waals surface area contributed by atoms with Crippen molar-refractivity contribution in [3.05, 3.63) is 35.9 Å².